The molecule has 0 amide bonds. The van der Waals surface area contributed by atoms with Crippen LogP contribution in [0.1, 0.15) is 15.9 Å². The van der Waals surface area contributed by atoms with E-state index in [9.17, 15) is 13.6 Å². The summed E-state index contributed by atoms with van der Waals surface area (Å²) in [5, 5.41) is 0. The number of carbonyl (C=O) groups excluding carboxylic acids is 1. The molecule has 0 fully saturated rings. The molecule has 2 aromatic carbocycles. The Hall–Kier alpha value is -1.07. The molecule has 0 bridgehead atoms. The van der Waals surface area contributed by atoms with Gasteiger partial charge in [0.1, 0.15) is 11.6 Å². The van der Waals surface area contributed by atoms with E-state index in [0.29, 0.717) is 14.5 Å². The summed E-state index contributed by atoms with van der Waals surface area (Å²) in [6.45, 7) is 0. The molecule has 2 aromatic rings. The van der Waals surface area contributed by atoms with Crippen LogP contribution in [0.2, 0.25) is 0 Å². The van der Waals surface area contributed by atoms with Gasteiger partial charge < -0.3 is 0 Å². The van der Waals surface area contributed by atoms with Crippen molar-refractivity contribution in [2.24, 2.45) is 0 Å². The fourth-order valence-electron chi connectivity index (χ4n) is 1.75. The van der Waals surface area contributed by atoms with E-state index in [-0.39, 0.29) is 12.0 Å². The SMILES string of the molecule is O=C(Cc1cc(F)cc(Br)c1)c1c(F)cccc1Br. The lowest BCUT2D eigenvalue weighted by atomic mass is 10.0. The molecule has 5 heteroatoms. The number of rotatable bonds is 3. The molecular weight excluding hydrogens is 382 g/mol. The molecule has 98 valence electrons. The Bertz CT molecular complexity index is 601. The number of ketones is 1. The molecule has 0 saturated carbocycles. The summed E-state index contributed by atoms with van der Waals surface area (Å²) < 4.78 is 27.8. The summed E-state index contributed by atoms with van der Waals surface area (Å²) in [5.74, 6) is -1.43. The fraction of sp³-hybridized carbons (Fsp3) is 0.0714. The van der Waals surface area contributed by atoms with Gasteiger partial charge in [-0.3, -0.25) is 4.79 Å². The van der Waals surface area contributed by atoms with E-state index in [1.165, 1.54) is 24.3 Å². The molecule has 0 aromatic heterocycles. The average Bonchev–Trinajstić information content (AvgIpc) is 2.26. The van der Waals surface area contributed by atoms with Crippen LogP contribution in [0.4, 0.5) is 8.78 Å². The Labute approximate surface area is 125 Å². The second-order valence-corrected chi connectivity index (χ2v) is 5.74. The largest absolute Gasteiger partial charge is 0.294 e. The maximum atomic E-state index is 13.6. The molecule has 0 aliphatic carbocycles. The first kappa shape index (κ1) is 14.3. The fourth-order valence-corrected chi connectivity index (χ4v) is 2.83. The standard InChI is InChI=1S/C14H8Br2F2O/c15-9-4-8(5-10(17)7-9)6-13(19)14-11(16)2-1-3-12(14)18/h1-5,7H,6H2. The molecule has 0 aliphatic rings. The minimum absolute atomic E-state index is 0.0112. The maximum absolute atomic E-state index is 13.6. The zero-order valence-corrected chi connectivity index (χ0v) is 12.8. The van der Waals surface area contributed by atoms with E-state index in [2.05, 4.69) is 31.9 Å². The number of carbonyl (C=O) groups is 1. The van der Waals surface area contributed by atoms with E-state index in [0.717, 1.165) is 0 Å². The third-order valence-corrected chi connectivity index (χ3v) is 3.65. The lowest BCUT2D eigenvalue weighted by Crippen LogP contribution is -2.07. The van der Waals surface area contributed by atoms with Crippen LogP contribution in [0.5, 0.6) is 0 Å². The summed E-state index contributed by atoms with van der Waals surface area (Å²) in [4.78, 5) is 12.1. The van der Waals surface area contributed by atoms with Crippen LogP contribution in [0, 0.1) is 11.6 Å². The van der Waals surface area contributed by atoms with Crippen molar-refractivity contribution in [1.29, 1.82) is 0 Å². The van der Waals surface area contributed by atoms with Gasteiger partial charge in [0.25, 0.3) is 0 Å². The van der Waals surface area contributed by atoms with Crippen molar-refractivity contribution in [3.8, 4) is 0 Å². The highest BCUT2D eigenvalue weighted by Gasteiger charge is 2.16. The Morgan fingerprint density at radius 1 is 1.11 bits per heavy atom. The topological polar surface area (TPSA) is 17.1 Å². The van der Waals surface area contributed by atoms with Gasteiger partial charge >= 0.3 is 0 Å². The van der Waals surface area contributed by atoms with Gasteiger partial charge in [0.05, 0.1) is 5.56 Å². The Balaban J connectivity index is 2.31. The van der Waals surface area contributed by atoms with Crippen molar-refractivity contribution in [3.05, 3.63) is 68.1 Å². The normalized spacial score (nSPS) is 10.5. The maximum Gasteiger partial charge on any atom is 0.171 e. The van der Waals surface area contributed by atoms with Crippen LogP contribution < -0.4 is 0 Å². The summed E-state index contributed by atoms with van der Waals surface area (Å²) in [5.41, 5.74) is 0.481. The Morgan fingerprint density at radius 3 is 2.47 bits per heavy atom. The van der Waals surface area contributed by atoms with E-state index >= 15 is 0 Å². The predicted octanol–water partition coefficient (Wildman–Crippen LogP) is 4.92. The lowest BCUT2D eigenvalue weighted by molar-refractivity contribution is 0.0988. The highest BCUT2D eigenvalue weighted by molar-refractivity contribution is 9.10. The monoisotopic (exact) mass is 388 g/mol. The van der Waals surface area contributed by atoms with Crippen LogP contribution in [0.3, 0.4) is 0 Å². The summed E-state index contributed by atoms with van der Waals surface area (Å²) in [7, 11) is 0. The highest BCUT2D eigenvalue weighted by atomic mass is 79.9. The molecule has 19 heavy (non-hydrogen) atoms. The Morgan fingerprint density at radius 2 is 1.84 bits per heavy atom. The highest BCUT2D eigenvalue weighted by Crippen LogP contribution is 2.23. The second kappa shape index (κ2) is 5.92. The van der Waals surface area contributed by atoms with Crippen LogP contribution in [-0.4, -0.2) is 5.78 Å². The van der Waals surface area contributed by atoms with Gasteiger partial charge in [-0.2, -0.15) is 0 Å². The number of benzene rings is 2. The molecule has 0 aliphatic heterocycles. The zero-order chi connectivity index (χ0) is 14.0. The van der Waals surface area contributed by atoms with Crippen molar-refractivity contribution in [3.63, 3.8) is 0 Å². The number of Topliss-reactive ketones (excluding diaryl/α,β-unsaturated/α-hetero) is 1. The summed E-state index contributed by atoms with van der Waals surface area (Å²) >= 11 is 6.30. The van der Waals surface area contributed by atoms with Gasteiger partial charge in [-0.15, -0.1) is 0 Å². The van der Waals surface area contributed by atoms with E-state index in [1.54, 1.807) is 12.1 Å². The number of hydrogen-bond donors (Lipinski definition) is 0. The van der Waals surface area contributed by atoms with Crippen molar-refractivity contribution in [2.75, 3.05) is 0 Å². The van der Waals surface area contributed by atoms with Gasteiger partial charge in [0.15, 0.2) is 5.78 Å². The smallest absolute Gasteiger partial charge is 0.171 e. The third-order valence-electron chi connectivity index (χ3n) is 2.53. The van der Waals surface area contributed by atoms with E-state index in [4.69, 9.17) is 0 Å². The minimum atomic E-state index is -0.588. The van der Waals surface area contributed by atoms with Crippen molar-refractivity contribution >= 4 is 37.6 Å². The number of hydrogen-bond acceptors (Lipinski definition) is 1. The molecule has 0 saturated heterocycles. The summed E-state index contributed by atoms with van der Waals surface area (Å²) in [6, 6.07) is 8.52. The molecule has 0 N–H and O–H groups in total. The first-order valence-corrected chi connectivity index (χ1v) is 6.98. The van der Waals surface area contributed by atoms with Crippen LogP contribution in [0.15, 0.2) is 45.3 Å². The van der Waals surface area contributed by atoms with Gasteiger partial charge in [-0.05, 0) is 51.8 Å². The average molecular weight is 390 g/mol. The van der Waals surface area contributed by atoms with Crippen LogP contribution >= 0.6 is 31.9 Å². The van der Waals surface area contributed by atoms with Gasteiger partial charge in [-0.1, -0.05) is 22.0 Å². The van der Waals surface area contributed by atoms with Gasteiger partial charge in [-0.25, -0.2) is 8.78 Å². The van der Waals surface area contributed by atoms with E-state index < -0.39 is 17.4 Å². The zero-order valence-electron chi connectivity index (χ0n) is 9.59. The van der Waals surface area contributed by atoms with Gasteiger partial charge in [0.2, 0.25) is 0 Å². The molecule has 0 unspecified atom stereocenters. The van der Waals surface area contributed by atoms with Gasteiger partial charge in [0, 0.05) is 15.4 Å². The molecule has 2 rings (SSSR count). The van der Waals surface area contributed by atoms with Crippen LogP contribution in [-0.2, 0) is 6.42 Å². The van der Waals surface area contributed by atoms with Crippen molar-refractivity contribution < 1.29 is 13.6 Å². The third kappa shape index (κ3) is 3.48. The first-order valence-electron chi connectivity index (χ1n) is 5.39. The molecule has 0 radical (unpaired) electrons. The van der Waals surface area contributed by atoms with Crippen molar-refractivity contribution in [1.82, 2.24) is 0 Å². The van der Waals surface area contributed by atoms with Crippen molar-refractivity contribution in [2.45, 2.75) is 6.42 Å². The second-order valence-electron chi connectivity index (χ2n) is 3.97. The molecule has 0 atom stereocenters. The minimum Gasteiger partial charge on any atom is -0.294 e. The first-order chi connectivity index (χ1) is 8.97. The number of halogens is 4. The summed E-state index contributed by atoms with van der Waals surface area (Å²) in [6.07, 6.45) is -0.0596. The predicted molar refractivity (Wildman–Crippen MR) is 76.2 cm³/mol. The van der Waals surface area contributed by atoms with E-state index in [1.807, 2.05) is 0 Å². The Kier molecular flexibility index (Phi) is 4.47. The molecule has 0 spiro atoms. The lowest BCUT2D eigenvalue weighted by Gasteiger charge is -2.06. The van der Waals surface area contributed by atoms with Crippen LogP contribution in [0.25, 0.3) is 0 Å². The molecular formula is C14H8Br2F2O. The quantitative estimate of drug-likeness (QED) is 0.681. The molecule has 1 nitrogen and oxygen atoms in total. The molecule has 0 heterocycles.